The van der Waals surface area contributed by atoms with Gasteiger partial charge in [0.15, 0.2) is 11.6 Å². The van der Waals surface area contributed by atoms with Crippen LogP contribution in [-0.2, 0) is 13.9 Å². The van der Waals surface area contributed by atoms with Gasteiger partial charge in [-0.15, -0.1) is 0 Å². The van der Waals surface area contributed by atoms with Crippen LogP contribution < -0.4 is 4.74 Å². The van der Waals surface area contributed by atoms with E-state index < -0.39 is 26.1 Å². The first-order valence-corrected chi connectivity index (χ1v) is 16.2. The minimum Gasteiger partial charge on any atom is -0.490 e. The monoisotopic (exact) mass is 500 g/mol. The van der Waals surface area contributed by atoms with E-state index in [1.54, 1.807) is 6.07 Å². The van der Waals surface area contributed by atoms with Gasteiger partial charge in [-0.25, -0.2) is 9.18 Å². The maximum Gasteiger partial charge on any atom is 0.494 e. The number of hydrogen-bond acceptors (Lipinski definition) is 5. The number of hydrogen-bond donors (Lipinski definition) is 0. The lowest BCUT2D eigenvalue weighted by Gasteiger charge is -2.29. The second-order valence-electron chi connectivity index (χ2n) is 10.1. The molecule has 0 heterocycles. The van der Waals surface area contributed by atoms with E-state index in [4.69, 9.17) is 18.6 Å². The van der Waals surface area contributed by atoms with Crippen molar-refractivity contribution in [2.75, 3.05) is 26.4 Å². The average Bonchev–Trinajstić information content (AvgIpc) is 2.78. The predicted molar refractivity (Wildman–Crippen MR) is 132 cm³/mol. The van der Waals surface area contributed by atoms with Crippen LogP contribution in [0.1, 0.15) is 76.2 Å². The van der Waals surface area contributed by atoms with E-state index in [2.05, 4.69) is 6.92 Å². The zero-order valence-corrected chi connectivity index (χ0v) is 22.3. The van der Waals surface area contributed by atoms with Crippen LogP contribution in [-0.4, -0.2) is 40.9 Å². The molecule has 0 radical (unpaired) electrons. The van der Waals surface area contributed by atoms with Crippen molar-refractivity contribution in [3.05, 3.63) is 29.3 Å². The molecule has 8 heteroatoms. The van der Waals surface area contributed by atoms with Crippen LogP contribution in [0.5, 0.6) is 5.75 Å². The predicted octanol–water partition coefficient (Wildman–Crippen LogP) is 7.59. The fourth-order valence-corrected chi connectivity index (χ4v) is 4.89. The van der Waals surface area contributed by atoms with Crippen LogP contribution in [0.2, 0.25) is 19.6 Å². The van der Waals surface area contributed by atoms with Crippen LogP contribution >= 0.6 is 0 Å². The number of unbranched alkanes of at least 4 members (excludes halogenated alkanes) is 2. The zero-order valence-electron chi connectivity index (χ0n) is 21.3. The van der Waals surface area contributed by atoms with Crippen molar-refractivity contribution in [3.8, 4) is 5.75 Å². The molecule has 0 N–H and O–H groups in total. The summed E-state index contributed by atoms with van der Waals surface area (Å²) in [6, 6.07) is 3.20. The fraction of sp³-hybridized carbons (Fsp3) is 0.731. The second kappa shape index (κ2) is 14.7. The van der Waals surface area contributed by atoms with Gasteiger partial charge in [0.05, 0.1) is 13.2 Å². The third kappa shape index (κ3) is 10.3. The summed E-state index contributed by atoms with van der Waals surface area (Å²) in [6.07, 6.45) is 8.91. The molecule has 1 fully saturated rings. The minimum atomic E-state index is -1.95. The van der Waals surface area contributed by atoms with Crippen LogP contribution in [0, 0.1) is 17.6 Å². The van der Waals surface area contributed by atoms with Gasteiger partial charge in [0.2, 0.25) is 5.82 Å². The third-order valence-electron chi connectivity index (χ3n) is 6.11. The molecule has 1 saturated carbocycles. The van der Waals surface area contributed by atoms with Gasteiger partial charge in [-0.2, -0.15) is 4.39 Å². The Kier molecular flexibility index (Phi) is 12.3. The van der Waals surface area contributed by atoms with Gasteiger partial charge in [-0.3, -0.25) is 0 Å². The Labute approximate surface area is 204 Å². The van der Waals surface area contributed by atoms with Gasteiger partial charge in [-0.05, 0) is 68.8 Å². The van der Waals surface area contributed by atoms with Crippen molar-refractivity contribution in [2.45, 2.75) is 90.3 Å². The number of rotatable bonds is 14. The number of benzene rings is 1. The van der Waals surface area contributed by atoms with Gasteiger partial charge in [0.1, 0.15) is 6.61 Å². The first-order chi connectivity index (χ1) is 16.2. The van der Waals surface area contributed by atoms with Crippen LogP contribution in [0.4, 0.5) is 13.6 Å². The van der Waals surface area contributed by atoms with E-state index in [9.17, 15) is 13.6 Å². The van der Waals surface area contributed by atoms with Crippen LogP contribution in [0.3, 0.4) is 0 Å². The third-order valence-corrected chi connectivity index (χ3v) is 6.89. The highest BCUT2D eigenvalue weighted by atomic mass is 28.4. The number of halogens is 2. The molecule has 0 unspecified atom stereocenters. The van der Waals surface area contributed by atoms with Crippen molar-refractivity contribution in [1.29, 1.82) is 0 Å². The maximum atomic E-state index is 14.7. The maximum absolute atomic E-state index is 14.7. The van der Waals surface area contributed by atoms with Crippen molar-refractivity contribution >= 4 is 14.5 Å². The number of carbonyl (C=O) groups is 1. The van der Waals surface area contributed by atoms with E-state index in [0.29, 0.717) is 18.6 Å². The molecule has 34 heavy (non-hydrogen) atoms. The van der Waals surface area contributed by atoms with E-state index in [1.807, 2.05) is 19.6 Å². The lowest BCUT2D eigenvalue weighted by Crippen LogP contribution is -2.29. The zero-order chi connectivity index (χ0) is 25.0. The highest BCUT2D eigenvalue weighted by Gasteiger charge is 2.26. The van der Waals surface area contributed by atoms with E-state index in [0.717, 1.165) is 31.6 Å². The summed E-state index contributed by atoms with van der Waals surface area (Å²) < 4.78 is 50.3. The van der Waals surface area contributed by atoms with Gasteiger partial charge >= 0.3 is 6.16 Å². The Balaban J connectivity index is 1.65. The lowest BCUT2D eigenvalue weighted by molar-refractivity contribution is 0.0661. The van der Waals surface area contributed by atoms with E-state index in [1.165, 1.54) is 31.7 Å². The van der Waals surface area contributed by atoms with Crippen molar-refractivity contribution in [1.82, 2.24) is 0 Å². The summed E-state index contributed by atoms with van der Waals surface area (Å²) >= 11 is 0. The molecule has 0 saturated heterocycles. The summed E-state index contributed by atoms with van der Waals surface area (Å²) in [5, 5.41) is 0. The Hall–Kier alpha value is -1.67. The molecule has 1 aromatic rings. The normalized spacial score (nSPS) is 18.5. The van der Waals surface area contributed by atoms with Gasteiger partial charge in [0, 0.05) is 13.0 Å². The quantitative estimate of drug-likeness (QED) is 0.150. The summed E-state index contributed by atoms with van der Waals surface area (Å²) in [7, 11) is -1.95. The van der Waals surface area contributed by atoms with Crippen molar-refractivity contribution < 1.29 is 32.2 Å². The first kappa shape index (κ1) is 28.6. The minimum absolute atomic E-state index is 0.0829. The molecule has 0 spiro atoms. The highest BCUT2D eigenvalue weighted by Crippen LogP contribution is 2.40. The van der Waals surface area contributed by atoms with Gasteiger partial charge < -0.3 is 18.6 Å². The number of carbonyl (C=O) groups excluding carboxylic acids is 1. The van der Waals surface area contributed by atoms with Crippen molar-refractivity contribution in [2.24, 2.45) is 5.92 Å². The molecule has 5 nitrogen and oxygen atoms in total. The van der Waals surface area contributed by atoms with Crippen molar-refractivity contribution in [3.63, 3.8) is 0 Å². The summed E-state index contributed by atoms with van der Waals surface area (Å²) in [5.41, 5.74) is 0.473. The summed E-state index contributed by atoms with van der Waals surface area (Å²) in [4.78, 5) is 11.5. The average molecular weight is 501 g/mol. The molecule has 1 aliphatic carbocycles. The molecular formula is C26H42F2O5Si. The van der Waals surface area contributed by atoms with Crippen LogP contribution in [0.25, 0.3) is 0 Å². The molecular weight excluding hydrogens is 458 g/mol. The van der Waals surface area contributed by atoms with Crippen LogP contribution in [0.15, 0.2) is 12.1 Å². The second-order valence-corrected chi connectivity index (χ2v) is 14.6. The number of ether oxygens (including phenoxy) is 3. The molecule has 194 valence electrons. The molecule has 0 bridgehead atoms. The summed E-state index contributed by atoms with van der Waals surface area (Å²) in [5.74, 6) is -0.981. The fourth-order valence-electron chi connectivity index (χ4n) is 4.33. The Morgan fingerprint density at radius 2 is 1.68 bits per heavy atom. The van der Waals surface area contributed by atoms with E-state index >= 15 is 0 Å². The SMILES string of the molecule is CCCCC[C@H]1CC[C@H](c2ccc(OCCOCCCOC(=O)O[Si](C)(C)C)c(F)c2F)CC1. The molecule has 0 aromatic heterocycles. The Morgan fingerprint density at radius 1 is 0.941 bits per heavy atom. The first-order valence-electron chi connectivity index (χ1n) is 12.8. The largest absolute Gasteiger partial charge is 0.494 e. The Bertz CT molecular complexity index is 745. The van der Waals surface area contributed by atoms with Gasteiger partial charge in [0.25, 0.3) is 8.32 Å². The van der Waals surface area contributed by atoms with Gasteiger partial charge in [-0.1, -0.05) is 38.7 Å². The smallest absolute Gasteiger partial charge is 0.490 e. The molecule has 1 aliphatic rings. The highest BCUT2D eigenvalue weighted by molar-refractivity contribution is 6.71. The molecule has 0 amide bonds. The van der Waals surface area contributed by atoms with E-state index in [-0.39, 0.29) is 31.5 Å². The summed E-state index contributed by atoms with van der Waals surface area (Å²) in [6.45, 7) is 8.82. The molecule has 1 aromatic carbocycles. The molecule has 2 rings (SSSR count). The lowest BCUT2D eigenvalue weighted by atomic mass is 9.77. The molecule has 0 aliphatic heterocycles. The standard InChI is InChI=1S/C26H42F2O5Si/c1-5-6-7-9-20-10-12-21(13-11-20)22-14-15-23(25(28)24(22)27)31-19-18-30-16-8-17-32-26(29)33-34(2,3)4/h14-15,20-21H,5-13,16-19H2,1-4H3/t20-,21-. The molecule has 0 atom stereocenters. The topological polar surface area (TPSA) is 54.0 Å². The Morgan fingerprint density at radius 3 is 2.35 bits per heavy atom.